The molecular formula is C7H11N3O6. The van der Waals surface area contributed by atoms with Gasteiger partial charge in [-0.1, -0.05) is 0 Å². The Labute approximate surface area is 90.2 Å². The fourth-order valence-electron chi connectivity index (χ4n) is 1.08. The van der Waals surface area contributed by atoms with E-state index >= 15 is 0 Å². The zero-order chi connectivity index (χ0) is 12.1. The molecule has 0 aliphatic carbocycles. The van der Waals surface area contributed by atoms with Gasteiger partial charge in [-0.15, -0.1) is 10.1 Å². The number of hydrogen-bond acceptors (Lipinski definition) is 6. The highest BCUT2D eigenvalue weighted by atomic mass is 16.9. The topological polar surface area (TPSA) is 120 Å². The zero-order valence-electron chi connectivity index (χ0n) is 8.47. The van der Waals surface area contributed by atoms with Gasteiger partial charge in [-0.3, -0.25) is 4.79 Å². The molecule has 2 amide bonds. The third-order valence-corrected chi connectivity index (χ3v) is 1.81. The summed E-state index contributed by atoms with van der Waals surface area (Å²) >= 11 is 0. The summed E-state index contributed by atoms with van der Waals surface area (Å²) in [4.78, 5) is 36.0. The van der Waals surface area contributed by atoms with E-state index in [4.69, 9.17) is 0 Å². The standard InChI is InChI=1S/C7H11N3O6/c1-4(2-16-10(13)14)8-6(11)5-3-15-7(12)9-5/h4-5H,2-3H2,1H3,(H,8,11)(H,9,12). The molecule has 9 heteroatoms. The van der Waals surface area contributed by atoms with E-state index in [2.05, 4.69) is 20.2 Å². The second-order valence-electron chi connectivity index (χ2n) is 3.22. The molecule has 1 rings (SSSR count). The van der Waals surface area contributed by atoms with E-state index in [1.54, 1.807) is 6.92 Å². The second-order valence-corrected chi connectivity index (χ2v) is 3.22. The highest BCUT2D eigenvalue weighted by Gasteiger charge is 2.29. The second kappa shape index (κ2) is 5.14. The Morgan fingerprint density at radius 2 is 2.56 bits per heavy atom. The van der Waals surface area contributed by atoms with Crippen LogP contribution in [-0.2, 0) is 14.4 Å². The molecule has 16 heavy (non-hydrogen) atoms. The molecular weight excluding hydrogens is 222 g/mol. The van der Waals surface area contributed by atoms with Gasteiger partial charge in [0.25, 0.3) is 5.09 Å². The Balaban J connectivity index is 2.28. The Kier molecular flexibility index (Phi) is 3.86. The molecule has 2 unspecified atom stereocenters. The number of carbonyl (C=O) groups excluding carboxylic acids is 2. The Morgan fingerprint density at radius 3 is 3.06 bits per heavy atom. The number of nitrogens with zero attached hydrogens (tertiary/aromatic N) is 1. The summed E-state index contributed by atoms with van der Waals surface area (Å²) in [6.07, 6.45) is -0.658. The lowest BCUT2D eigenvalue weighted by Crippen LogP contribution is -2.47. The van der Waals surface area contributed by atoms with Crippen LogP contribution in [0.2, 0.25) is 0 Å². The van der Waals surface area contributed by atoms with Gasteiger partial charge in [-0.25, -0.2) is 4.79 Å². The maximum atomic E-state index is 11.4. The van der Waals surface area contributed by atoms with Crippen LogP contribution < -0.4 is 10.6 Å². The van der Waals surface area contributed by atoms with Gasteiger partial charge in [0.05, 0.1) is 0 Å². The quantitative estimate of drug-likeness (QED) is 0.455. The molecule has 2 atom stereocenters. The van der Waals surface area contributed by atoms with Crippen molar-refractivity contribution in [2.24, 2.45) is 0 Å². The molecule has 1 aliphatic rings. The van der Waals surface area contributed by atoms with E-state index in [0.29, 0.717) is 0 Å². The number of carbonyl (C=O) groups is 2. The maximum absolute atomic E-state index is 11.4. The molecule has 1 saturated heterocycles. The fraction of sp³-hybridized carbons (Fsp3) is 0.714. The lowest BCUT2D eigenvalue weighted by Gasteiger charge is -2.14. The number of ether oxygens (including phenoxy) is 1. The van der Waals surface area contributed by atoms with Crippen molar-refractivity contribution in [1.29, 1.82) is 0 Å². The summed E-state index contributed by atoms with van der Waals surface area (Å²) in [5.41, 5.74) is 0. The van der Waals surface area contributed by atoms with E-state index in [1.165, 1.54) is 0 Å². The first-order valence-electron chi connectivity index (χ1n) is 4.50. The third kappa shape index (κ3) is 3.59. The molecule has 0 saturated carbocycles. The molecule has 0 spiro atoms. The molecule has 1 fully saturated rings. The number of nitrogens with one attached hydrogen (secondary N) is 2. The molecule has 1 aliphatic heterocycles. The van der Waals surface area contributed by atoms with Crippen LogP contribution in [0.1, 0.15) is 6.92 Å². The molecule has 1 heterocycles. The van der Waals surface area contributed by atoms with E-state index in [0.717, 1.165) is 0 Å². The van der Waals surface area contributed by atoms with Crippen molar-refractivity contribution in [1.82, 2.24) is 10.6 Å². The number of hydrogen-bond donors (Lipinski definition) is 2. The van der Waals surface area contributed by atoms with E-state index < -0.39 is 29.2 Å². The first kappa shape index (κ1) is 12.0. The van der Waals surface area contributed by atoms with Gasteiger partial charge in [-0.05, 0) is 6.92 Å². The molecule has 0 aromatic carbocycles. The van der Waals surface area contributed by atoms with Crippen LogP contribution >= 0.6 is 0 Å². The average molecular weight is 233 g/mol. The number of alkyl carbamates (subject to hydrolysis) is 1. The van der Waals surface area contributed by atoms with Crippen molar-refractivity contribution in [2.45, 2.75) is 19.0 Å². The van der Waals surface area contributed by atoms with Crippen LogP contribution in [0.4, 0.5) is 4.79 Å². The first-order chi connectivity index (χ1) is 7.49. The smallest absolute Gasteiger partial charge is 0.407 e. The summed E-state index contributed by atoms with van der Waals surface area (Å²) < 4.78 is 4.52. The van der Waals surface area contributed by atoms with Gasteiger partial charge < -0.3 is 20.2 Å². The summed E-state index contributed by atoms with van der Waals surface area (Å²) in [6.45, 7) is 1.24. The van der Waals surface area contributed by atoms with Crippen LogP contribution in [0.3, 0.4) is 0 Å². The number of cyclic esters (lactones) is 1. The minimum absolute atomic E-state index is 0.0481. The van der Waals surface area contributed by atoms with Crippen molar-refractivity contribution >= 4 is 12.0 Å². The fourth-order valence-corrected chi connectivity index (χ4v) is 1.08. The van der Waals surface area contributed by atoms with E-state index in [9.17, 15) is 19.7 Å². The van der Waals surface area contributed by atoms with Crippen molar-refractivity contribution < 1.29 is 24.3 Å². The monoisotopic (exact) mass is 233 g/mol. The highest BCUT2D eigenvalue weighted by molar-refractivity contribution is 5.87. The van der Waals surface area contributed by atoms with Crippen LogP contribution in [0.15, 0.2) is 0 Å². The number of rotatable bonds is 5. The summed E-state index contributed by atoms with van der Waals surface area (Å²) in [5.74, 6) is -0.467. The Bertz CT molecular complexity index is 306. The van der Waals surface area contributed by atoms with Gasteiger partial charge in [0.2, 0.25) is 5.91 Å². The van der Waals surface area contributed by atoms with Crippen LogP contribution in [-0.4, -0.2) is 42.4 Å². The van der Waals surface area contributed by atoms with E-state index in [1.807, 2.05) is 0 Å². The molecule has 9 nitrogen and oxygen atoms in total. The maximum Gasteiger partial charge on any atom is 0.407 e. The van der Waals surface area contributed by atoms with Crippen LogP contribution in [0, 0.1) is 10.1 Å². The van der Waals surface area contributed by atoms with Crippen LogP contribution in [0.5, 0.6) is 0 Å². The van der Waals surface area contributed by atoms with Gasteiger partial charge >= 0.3 is 6.09 Å². The number of amides is 2. The predicted octanol–water partition coefficient (Wildman–Crippen LogP) is -1.19. The van der Waals surface area contributed by atoms with Crippen molar-refractivity contribution in [2.75, 3.05) is 13.2 Å². The SMILES string of the molecule is CC(CO[N+](=O)[O-])NC(=O)C1COC(=O)N1. The minimum atomic E-state index is -0.941. The molecule has 0 bridgehead atoms. The third-order valence-electron chi connectivity index (χ3n) is 1.81. The molecule has 0 aromatic heterocycles. The molecule has 0 radical (unpaired) electrons. The average Bonchev–Trinajstić information content (AvgIpc) is 2.62. The zero-order valence-corrected chi connectivity index (χ0v) is 8.47. The minimum Gasteiger partial charge on any atom is -0.447 e. The van der Waals surface area contributed by atoms with Gasteiger partial charge in [0.1, 0.15) is 19.3 Å². The summed E-state index contributed by atoms with van der Waals surface area (Å²) in [7, 11) is 0. The molecule has 0 aromatic rings. The van der Waals surface area contributed by atoms with E-state index in [-0.39, 0.29) is 13.2 Å². The summed E-state index contributed by atoms with van der Waals surface area (Å²) in [6, 6.07) is -1.29. The lowest BCUT2D eigenvalue weighted by atomic mass is 10.2. The van der Waals surface area contributed by atoms with Gasteiger partial charge in [-0.2, -0.15) is 0 Å². The van der Waals surface area contributed by atoms with Gasteiger partial charge in [0, 0.05) is 6.04 Å². The highest BCUT2D eigenvalue weighted by Crippen LogP contribution is 1.98. The summed E-state index contributed by atoms with van der Waals surface area (Å²) in [5, 5.41) is 13.7. The van der Waals surface area contributed by atoms with Crippen molar-refractivity contribution in [3.63, 3.8) is 0 Å². The Hall–Kier alpha value is -2.06. The first-order valence-corrected chi connectivity index (χ1v) is 4.50. The van der Waals surface area contributed by atoms with Crippen molar-refractivity contribution in [3.8, 4) is 0 Å². The van der Waals surface area contributed by atoms with Crippen LogP contribution in [0.25, 0.3) is 0 Å². The predicted molar refractivity (Wildman–Crippen MR) is 48.8 cm³/mol. The normalized spacial score (nSPS) is 20.6. The van der Waals surface area contributed by atoms with Crippen molar-refractivity contribution in [3.05, 3.63) is 10.1 Å². The Morgan fingerprint density at radius 1 is 1.88 bits per heavy atom. The lowest BCUT2D eigenvalue weighted by molar-refractivity contribution is -0.758. The van der Waals surface area contributed by atoms with Gasteiger partial charge in [0.15, 0.2) is 0 Å². The molecule has 2 N–H and O–H groups in total. The molecule has 90 valence electrons. The largest absolute Gasteiger partial charge is 0.447 e.